The van der Waals surface area contributed by atoms with Gasteiger partial charge >= 0.3 is 0 Å². The maximum absolute atomic E-state index is 12.3. The van der Waals surface area contributed by atoms with Crippen LogP contribution >= 0.6 is 34.7 Å². The van der Waals surface area contributed by atoms with E-state index in [9.17, 15) is 9.59 Å². The van der Waals surface area contributed by atoms with Crippen molar-refractivity contribution in [3.05, 3.63) is 45.3 Å². The number of rotatable bonds is 3. The molecule has 0 spiro atoms. The van der Waals surface area contributed by atoms with Gasteiger partial charge in [0.05, 0.1) is 22.3 Å². The second-order valence-corrected chi connectivity index (χ2v) is 9.21. The lowest BCUT2D eigenvalue weighted by atomic mass is 9.91. The van der Waals surface area contributed by atoms with Crippen LogP contribution in [0.5, 0.6) is 0 Å². The minimum Gasteiger partial charge on any atom is -0.301 e. The standard InChI is InChI=1S/C18H18ClNO2S2/c1-18(2,3)14(21)8-16-20(15(22)10-23-16)9-13-17(19)11-6-4-5-7-12(11)24-13/h4-8H,9-10H2,1-3H3/b16-8-. The molecule has 0 atom stereocenters. The summed E-state index contributed by atoms with van der Waals surface area (Å²) in [6, 6.07) is 7.94. The molecule has 1 saturated heterocycles. The topological polar surface area (TPSA) is 37.4 Å². The quantitative estimate of drug-likeness (QED) is 0.697. The van der Waals surface area contributed by atoms with Crippen molar-refractivity contribution in [1.82, 2.24) is 4.90 Å². The van der Waals surface area contributed by atoms with E-state index in [1.807, 2.05) is 45.0 Å². The molecule has 2 heterocycles. The predicted molar refractivity (Wildman–Crippen MR) is 102 cm³/mol. The van der Waals surface area contributed by atoms with Gasteiger partial charge in [-0.2, -0.15) is 0 Å². The molecule has 0 radical (unpaired) electrons. The summed E-state index contributed by atoms with van der Waals surface area (Å²) in [5.41, 5.74) is -0.458. The first-order valence-electron chi connectivity index (χ1n) is 7.62. The highest BCUT2D eigenvalue weighted by molar-refractivity contribution is 8.04. The van der Waals surface area contributed by atoms with E-state index in [-0.39, 0.29) is 11.7 Å². The third kappa shape index (κ3) is 3.39. The van der Waals surface area contributed by atoms with E-state index >= 15 is 0 Å². The number of benzene rings is 1. The number of thioether (sulfide) groups is 1. The molecule has 0 unspecified atom stereocenters. The third-order valence-corrected chi connectivity index (χ3v) is 6.53. The summed E-state index contributed by atoms with van der Waals surface area (Å²) >= 11 is 9.49. The van der Waals surface area contributed by atoms with Crippen LogP contribution in [0.3, 0.4) is 0 Å². The summed E-state index contributed by atoms with van der Waals surface area (Å²) in [5.74, 6) is 0.403. The number of fused-ring (bicyclic) bond motifs is 1. The van der Waals surface area contributed by atoms with Gasteiger partial charge in [0, 0.05) is 26.5 Å². The Labute approximate surface area is 154 Å². The molecule has 1 amide bonds. The van der Waals surface area contributed by atoms with Crippen molar-refractivity contribution in [2.24, 2.45) is 5.41 Å². The van der Waals surface area contributed by atoms with Crippen molar-refractivity contribution in [1.29, 1.82) is 0 Å². The number of allylic oxidation sites excluding steroid dienone is 1. The molecule has 0 aliphatic carbocycles. The molecule has 3 nitrogen and oxygen atoms in total. The molecule has 1 aromatic heterocycles. The van der Waals surface area contributed by atoms with Crippen LogP contribution in [0.2, 0.25) is 5.02 Å². The minimum atomic E-state index is -0.458. The molecule has 126 valence electrons. The van der Waals surface area contributed by atoms with E-state index in [0.717, 1.165) is 15.0 Å². The first kappa shape index (κ1) is 17.5. The molecule has 1 aromatic carbocycles. The summed E-state index contributed by atoms with van der Waals surface area (Å²) in [6.45, 7) is 6.04. The van der Waals surface area contributed by atoms with Gasteiger partial charge in [0.1, 0.15) is 0 Å². The van der Waals surface area contributed by atoms with E-state index in [4.69, 9.17) is 11.6 Å². The van der Waals surface area contributed by atoms with Gasteiger partial charge < -0.3 is 4.90 Å². The molecule has 6 heteroatoms. The zero-order valence-electron chi connectivity index (χ0n) is 13.8. The molecule has 0 saturated carbocycles. The van der Waals surface area contributed by atoms with Gasteiger partial charge in [-0.05, 0) is 6.07 Å². The summed E-state index contributed by atoms with van der Waals surface area (Å²) in [6.07, 6.45) is 1.59. The highest BCUT2D eigenvalue weighted by Gasteiger charge is 2.30. The SMILES string of the molecule is CC(C)(C)C(=O)/C=C1\SCC(=O)N1Cc1sc2ccccc2c1Cl. The number of thiophene rings is 1. The monoisotopic (exact) mass is 379 g/mol. The second kappa shape index (κ2) is 6.54. The van der Waals surface area contributed by atoms with Crippen molar-refractivity contribution in [3.8, 4) is 0 Å². The Balaban J connectivity index is 1.91. The van der Waals surface area contributed by atoms with E-state index in [0.29, 0.717) is 22.3 Å². The zero-order valence-corrected chi connectivity index (χ0v) is 16.1. The van der Waals surface area contributed by atoms with Crippen LogP contribution in [0, 0.1) is 5.41 Å². The Morgan fingerprint density at radius 3 is 2.71 bits per heavy atom. The number of ketones is 1. The Bertz CT molecular complexity index is 848. The van der Waals surface area contributed by atoms with Crippen molar-refractivity contribution in [2.75, 3.05) is 5.75 Å². The van der Waals surface area contributed by atoms with Gasteiger partial charge in [-0.1, -0.05) is 62.3 Å². The molecule has 1 aliphatic heterocycles. The fraction of sp³-hybridized carbons (Fsp3) is 0.333. The molecule has 1 fully saturated rings. The Kier molecular flexibility index (Phi) is 4.78. The number of carbonyl (C=O) groups excluding carboxylic acids is 2. The lowest BCUT2D eigenvalue weighted by Gasteiger charge is -2.19. The maximum atomic E-state index is 12.3. The molecular weight excluding hydrogens is 362 g/mol. The van der Waals surface area contributed by atoms with Gasteiger partial charge in [0.25, 0.3) is 0 Å². The van der Waals surface area contributed by atoms with Crippen LogP contribution in [0.1, 0.15) is 25.6 Å². The lowest BCUT2D eigenvalue weighted by molar-refractivity contribution is -0.125. The second-order valence-electron chi connectivity index (χ2n) is 6.70. The van der Waals surface area contributed by atoms with Crippen LogP contribution in [-0.4, -0.2) is 22.3 Å². The van der Waals surface area contributed by atoms with Crippen molar-refractivity contribution in [2.45, 2.75) is 27.3 Å². The fourth-order valence-electron chi connectivity index (χ4n) is 2.34. The Morgan fingerprint density at radius 1 is 1.33 bits per heavy atom. The average Bonchev–Trinajstić information content (AvgIpc) is 3.02. The Morgan fingerprint density at radius 2 is 2.04 bits per heavy atom. The highest BCUT2D eigenvalue weighted by Crippen LogP contribution is 2.39. The van der Waals surface area contributed by atoms with Crippen LogP contribution < -0.4 is 0 Å². The van der Waals surface area contributed by atoms with Gasteiger partial charge in [0.2, 0.25) is 5.91 Å². The third-order valence-electron chi connectivity index (χ3n) is 3.81. The molecule has 0 N–H and O–H groups in total. The van der Waals surface area contributed by atoms with E-state index in [1.165, 1.54) is 11.8 Å². The number of amides is 1. The lowest BCUT2D eigenvalue weighted by Crippen LogP contribution is -2.25. The van der Waals surface area contributed by atoms with Crippen LogP contribution in [-0.2, 0) is 16.1 Å². The number of carbonyl (C=O) groups is 2. The van der Waals surface area contributed by atoms with Gasteiger partial charge in [0.15, 0.2) is 5.78 Å². The number of hydrogen-bond acceptors (Lipinski definition) is 4. The highest BCUT2D eigenvalue weighted by atomic mass is 35.5. The fourth-order valence-corrected chi connectivity index (χ4v) is 4.76. The summed E-state index contributed by atoms with van der Waals surface area (Å²) in [7, 11) is 0. The Hall–Kier alpha value is -1.30. The molecule has 3 rings (SSSR count). The largest absolute Gasteiger partial charge is 0.301 e. The molecule has 0 bridgehead atoms. The van der Waals surface area contributed by atoms with E-state index in [2.05, 4.69) is 0 Å². The number of nitrogens with zero attached hydrogens (tertiary/aromatic N) is 1. The molecule has 24 heavy (non-hydrogen) atoms. The molecule has 1 aliphatic rings. The summed E-state index contributed by atoms with van der Waals surface area (Å²) < 4.78 is 1.10. The van der Waals surface area contributed by atoms with Crippen LogP contribution in [0.4, 0.5) is 0 Å². The maximum Gasteiger partial charge on any atom is 0.238 e. The summed E-state index contributed by atoms with van der Waals surface area (Å²) in [4.78, 5) is 27.2. The van der Waals surface area contributed by atoms with E-state index in [1.54, 1.807) is 22.3 Å². The average molecular weight is 380 g/mol. The van der Waals surface area contributed by atoms with Crippen molar-refractivity contribution < 1.29 is 9.59 Å². The van der Waals surface area contributed by atoms with Gasteiger partial charge in [-0.3, -0.25) is 9.59 Å². The smallest absolute Gasteiger partial charge is 0.238 e. The van der Waals surface area contributed by atoms with Gasteiger partial charge in [-0.15, -0.1) is 11.3 Å². The number of halogens is 1. The van der Waals surface area contributed by atoms with Crippen molar-refractivity contribution >= 4 is 56.5 Å². The van der Waals surface area contributed by atoms with Gasteiger partial charge in [-0.25, -0.2) is 0 Å². The molecular formula is C18H18ClNO2S2. The van der Waals surface area contributed by atoms with Crippen molar-refractivity contribution in [3.63, 3.8) is 0 Å². The normalized spacial score (nSPS) is 17.2. The predicted octanol–water partition coefficient (Wildman–Crippen LogP) is 5.09. The zero-order chi connectivity index (χ0) is 17.5. The van der Waals surface area contributed by atoms with Crippen LogP contribution in [0.25, 0.3) is 10.1 Å². The van der Waals surface area contributed by atoms with Crippen LogP contribution in [0.15, 0.2) is 35.4 Å². The first-order valence-corrected chi connectivity index (χ1v) is 9.80. The summed E-state index contributed by atoms with van der Waals surface area (Å²) in [5, 5.41) is 2.42. The number of hydrogen-bond donors (Lipinski definition) is 0. The van der Waals surface area contributed by atoms with E-state index < -0.39 is 5.41 Å². The first-order chi connectivity index (χ1) is 11.3. The molecule has 2 aromatic rings. The minimum absolute atomic E-state index is 0.0153.